The zero-order valence-corrected chi connectivity index (χ0v) is 7.29. The summed E-state index contributed by atoms with van der Waals surface area (Å²) in [6, 6.07) is -0.629. The quantitative estimate of drug-likeness (QED) is 0.610. The highest BCUT2D eigenvalue weighted by molar-refractivity contribution is 5.75. The molecule has 1 aliphatic carbocycles. The van der Waals surface area contributed by atoms with Crippen molar-refractivity contribution >= 4 is 5.97 Å². The topological polar surface area (TPSA) is 61.5 Å². The Bertz CT molecular complexity index is 156. The predicted octanol–water partition coefficient (Wildman–Crippen LogP) is 0.0558. The molecular formula is C8H15NO3. The molecule has 4 nitrogen and oxygen atoms in total. The molecule has 2 N–H and O–H groups in total. The summed E-state index contributed by atoms with van der Waals surface area (Å²) in [5.74, 6) is -0.408. The molecule has 1 rings (SSSR count). The van der Waals surface area contributed by atoms with E-state index in [2.05, 4.69) is 4.74 Å². The van der Waals surface area contributed by atoms with Gasteiger partial charge in [-0.15, -0.1) is 0 Å². The fourth-order valence-electron chi connectivity index (χ4n) is 0.997. The molecule has 0 aromatic carbocycles. The third-order valence-corrected chi connectivity index (χ3v) is 2.07. The van der Waals surface area contributed by atoms with Crippen LogP contribution in [0.3, 0.4) is 0 Å². The Morgan fingerprint density at radius 3 is 2.75 bits per heavy atom. The molecule has 0 aliphatic heterocycles. The van der Waals surface area contributed by atoms with E-state index in [9.17, 15) is 4.79 Å². The molecular weight excluding hydrogens is 158 g/mol. The van der Waals surface area contributed by atoms with E-state index in [1.54, 1.807) is 0 Å². The first-order valence-corrected chi connectivity index (χ1v) is 4.19. The summed E-state index contributed by atoms with van der Waals surface area (Å²) in [7, 11) is 1.32. The largest absolute Gasteiger partial charge is 0.468 e. The van der Waals surface area contributed by atoms with Gasteiger partial charge in [-0.3, -0.25) is 4.79 Å². The van der Waals surface area contributed by atoms with Crippen LogP contribution >= 0.6 is 0 Å². The third-order valence-electron chi connectivity index (χ3n) is 2.07. The lowest BCUT2D eigenvalue weighted by atomic mass is 9.96. The maximum absolute atomic E-state index is 10.8. The SMILES string of the molecule is COC(=O)C(N)COC1CCC1. The molecule has 0 bridgehead atoms. The second-order valence-electron chi connectivity index (χ2n) is 3.02. The number of esters is 1. The Morgan fingerprint density at radius 1 is 1.67 bits per heavy atom. The number of methoxy groups -OCH3 is 1. The maximum Gasteiger partial charge on any atom is 0.325 e. The Balaban J connectivity index is 2.08. The van der Waals surface area contributed by atoms with Gasteiger partial charge in [-0.05, 0) is 19.3 Å². The molecule has 70 valence electrons. The van der Waals surface area contributed by atoms with E-state index in [-0.39, 0.29) is 6.61 Å². The molecule has 1 aliphatic rings. The molecule has 1 atom stereocenters. The highest BCUT2D eigenvalue weighted by atomic mass is 16.5. The Hall–Kier alpha value is -0.610. The van der Waals surface area contributed by atoms with Crippen molar-refractivity contribution in [2.24, 2.45) is 5.73 Å². The van der Waals surface area contributed by atoms with Crippen LogP contribution in [0.15, 0.2) is 0 Å². The summed E-state index contributed by atoms with van der Waals surface area (Å²) in [6.45, 7) is 0.275. The fourth-order valence-corrected chi connectivity index (χ4v) is 0.997. The lowest BCUT2D eigenvalue weighted by molar-refractivity contribution is -0.144. The van der Waals surface area contributed by atoms with Gasteiger partial charge in [0, 0.05) is 0 Å². The van der Waals surface area contributed by atoms with Crippen molar-refractivity contribution in [2.45, 2.75) is 31.4 Å². The van der Waals surface area contributed by atoms with E-state index in [0.717, 1.165) is 12.8 Å². The van der Waals surface area contributed by atoms with Crippen LogP contribution < -0.4 is 5.73 Å². The Morgan fingerprint density at radius 2 is 2.33 bits per heavy atom. The van der Waals surface area contributed by atoms with Crippen LogP contribution in [-0.2, 0) is 14.3 Å². The number of nitrogens with two attached hydrogens (primary N) is 1. The smallest absolute Gasteiger partial charge is 0.325 e. The van der Waals surface area contributed by atoms with Crippen molar-refractivity contribution in [1.29, 1.82) is 0 Å². The lowest BCUT2D eigenvalue weighted by Gasteiger charge is -2.26. The lowest BCUT2D eigenvalue weighted by Crippen LogP contribution is -2.38. The summed E-state index contributed by atoms with van der Waals surface area (Å²) in [4.78, 5) is 10.8. The van der Waals surface area contributed by atoms with Gasteiger partial charge in [0.25, 0.3) is 0 Å². The van der Waals surface area contributed by atoms with E-state index in [4.69, 9.17) is 10.5 Å². The minimum absolute atomic E-state index is 0.275. The maximum atomic E-state index is 10.8. The van der Waals surface area contributed by atoms with Gasteiger partial charge in [-0.2, -0.15) is 0 Å². The minimum atomic E-state index is -0.629. The van der Waals surface area contributed by atoms with Gasteiger partial charge in [0.2, 0.25) is 0 Å². The molecule has 0 heterocycles. The Kier molecular flexibility index (Phi) is 3.49. The number of ether oxygens (including phenoxy) is 2. The molecule has 1 unspecified atom stereocenters. The van der Waals surface area contributed by atoms with Crippen molar-refractivity contribution in [3.8, 4) is 0 Å². The van der Waals surface area contributed by atoms with Crippen molar-refractivity contribution in [3.05, 3.63) is 0 Å². The molecule has 1 fully saturated rings. The number of rotatable bonds is 4. The predicted molar refractivity (Wildman–Crippen MR) is 43.6 cm³/mol. The van der Waals surface area contributed by atoms with Gasteiger partial charge in [0.15, 0.2) is 0 Å². The molecule has 12 heavy (non-hydrogen) atoms. The summed E-state index contributed by atoms with van der Waals surface area (Å²) in [5.41, 5.74) is 5.46. The molecule has 0 saturated heterocycles. The molecule has 0 spiro atoms. The van der Waals surface area contributed by atoms with E-state index in [0.29, 0.717) is 6.10 Å². The molecule has 0 amide bonds. The standard InChI is InChI=1S/C8H15NO3/c1-11-8(10)7(9)5-12-6-3-2-4-6/h6-7H,2-5,9H2,1H3. The number of hydrogen-bond donors (Lipinski definition) is 1. The summed E-state index contributed by atoms with van der Waals surface area (Å²) < 4.78 is 9.79. The summed E-state index contributed by atoms with van der Waals surface area (Å²) in [5, 5.41) is 0. The van der Waals surface area contributed by atoms with Crippen LogP contribution in [0.5, 0.6) is 0 Å². The first-order valence-electron chi connectivity index (χ1n) is 4.19. The van der Waals surface area contributed by atoms with Gasteiger partial charge < -0.3 is 15.2 Å². The van der Waals surface area contributed by atoms with Crippen LogP contribution in [0.2, 0.25) is 0 Å². The van der Waals surface area contributed by atoms with Crippen LogP contribution in [0.1, 0.15) is 19.3 Å². The van der Waals surface area contributed by atoms with Gasteiger partial charge in [-0.25, -0.2) is 0 Å². The van der Waals surface area contributed by atoms with Crippen LogP contribution in [0.25, 0.3) is 0 Å². The van der Waals surface area contributed by atoms with Crippen LogP contribution in [-0.4, -0.2) is 31.8 Å². The first-order chi connectivity index (χ1) is 5.74. The highest BCUT2D eigenvalue weighted by Crippen LogP contribution is 2.21. The number of hydrogen-bond acceptors (Lipinski definition) is 4. The van der Waals surface area contributed by atoms with Crippen molar-refractivity contribution in [2.75, 3.05) is 13.7 Å². The molecule has 4 heteroatoms. The first kappa shape index (κ1) is 9.48. The third kappa shape index (κ3) is 2.46. The Labute approximate surface area is 72.0 Å². The van der Waals surface area contributed by atoms with E-state index in [1.807, 2.05) is 0 Å². The molecule has 1 saturated carbocycles. The average molecular weight is 173 g/mol. The van der Waals surface area contributed by atoms with E-state index in [1.165, 1.54) is 13.5 Å². The van der Waals surface area contributed by atoms with Crippen LogP contribution in [0, 0.1) is 0 Å². The average Bonchev–Trinajstić information content (AvgIpc) is 2.00. The molecule has 0 aromatic heterocycles. The van der Waals surface area contributed by atoms with E-state index >= 15 is 0 Å². The van der Waals surface area contributed by atoms with Gasteiger partial charge >= 0.3 is 5.97 Å². The monoisotopic (exact) mass is 173 g/mol. The van der Waals surface area contributed by atoms with Crippen molar-refractivity contribution in [1.82, 2.24) is 0 Å². The van der Waals surface area contributed by atoms with Crippen LogP contribution in [0.4, 0.5) is 0 Å². The van der Waals surface area contributed by atoms with Gasteiger partial charge in [0.1, 0.15) is 6.04 Å². The summed E-state index contributed by atoms with van der Waals surface area (Å²) >= 11 is 0. The molecule has 0 aromatic rings. The van der Waals surface area contributed by atoms with Gasteiger partial charge in [0.05, 0.1) is 19.8 Å². The van der Waals surface area contributed by atoms with Gasteiger partial charge in [-0.1, -0.05) is 0 Å². The van der Waals surface area contributed by atoms with Crippen molar-refractivity contribution < 1.29 is 14.3 Å². The van der Waals surface area contributed by atoms with E-state index < -0.39 is 12.0 Å². The number of carbonyl (C=O) groups is 1. The fraction of sp³-hybridized carbons (Fsp3) is 0.875. The molecule has 0 radical (unpaired) electrons. The normalized spacial score (nSPS) is 19.8. The second kappa shape index (κ2) is 4.42. The summed E-state index contributed by atoms with van der Waals surface area (Å²) in [6.07, 6.45) is 3.72. The zero-order chi connectivity index (χ0) is 8.97. The number of carbonyl (C=O) groups excluding carboxylic acids is 1. The minimum Gasteiger partial charge on any atom is -0.468 e. The van der Waals surface area contributed by atoms with Crippen molar-refractivity contribution in [3.63, 3.8) is 0 Å². The second-order valence-corrected chi connectivity index (χ2v) is 3.02. The highest BCUT2D eigenvalue weighted by Gasteiger charge is 2.21. The zero-order valence-electron chi connectivity index (χ0n) is 7.29.